The van der Waals surface area contributed by atoms with Gasteiger partial charge in [-0.3, -0.25) is 4.79 Å². The van der Waals surface area contributed by atoms with Crippen LogP contribution in [0, 0.1) is 5.92 Å². The molecule has 0 heterocycles. The van der Waals surface area contributed by atoms with Crippen LogP contribution >= 0.6 is 0 Å². The van der Waals surface area contributed by atoms with Crippen molar-refractivity contribution in [3.8, 4) is 5.75 Å². The summed E-state index contributed by atoms with van der Waals surface area (Å²) in [5, 5.41) is 9.59. The molecule has 0 spiro atoms. The third-order valence-corrected chi connectivity index (χ3v) is 6.84. The highest BCUT2D eigenvalue weighted by atomic mass is 16.6. The monoisotopic (exact) mass is 622 g/mol. The van der Waals surface area contributed by atoms with Gasteiger partial charge in [0.2, 0.25) is 0 Å². The van der Waals surface area contributed by atoms with Crippen LogP contribution in [0.2, 0.25) is 0 Å². The Balaban J connectivity index is 2.34. The summed E-state index contributed by atoms with van der Waals surface area (Å²) in [5.41, 5.74) is 1.47. The molecule has 6 nitrogen and oxygen atoms in total. The summed E-state index contributed by atoms with van der Waals surface area (Å²) in [6.07, 6.45) is 37.1. The number of ether oxygens (including phenoxy) is 4. The molecular formula is C40H46O6. The summed E-state index contributed by atoms with van der Waals surface area (Å²) in [6.45, 7) is 10.8. The Labute approximate surface area is 274 Å². The highest BCUT2D eigenvalue weighted by Gasteiger charge is 2.43. The van der Waals surface area contributed by atoms with E-state index >= 15 is 0 Å². The fourth-order valence-electron chi connectivity index (χ4n) is 4.62. The van der Waals surface area contributed by atoms with Crippen LogP contribution in [0.1, 0.15) is 24.0 Å². The first-order valence-corrected chi connectivity index (χ1v) is 15.2. The summed E-state index contributed by atoms with van der Waals surface area (Å²) in [7, 11) is 1.55. The molecule has 2 atom stereocenters. The largest absolute Gasteiger partial charge is 0.496 e. The van der Waals surface area contributed by atoms with Crippen molar-refractivity contribution in [1.82, 2.24) is 0 Å². The molecule has 0 amide bonds. The smallest absolute Gasteiger partial charge is 0.171 e. The van der Waals surface area contributed by atoms with Gasteiger partial charge >= 0.3 is 0 Å². The van der Waals surface area contributed by atoms with Crippen molar-refractivity contribution in [2.45, 2.75) is 44.2 Å². The van der Waals surface area contributed by atoms with Crippen molar-refractivity contribution in [1.29, 1.82) is 0 Å². The number of benzene rings is 1. The third kappa shape index (κ3) is 14.1. The fraction of sp³-hybridized carbons (Fsp3) is 0.225. The number of aliphatic hydroxyl groups excluding tert-OH is 1. The van der Waals surface area contributed by atoms with Crippen LogP contribution in [0.25, 0.3) is 0 Å². The SMILES string of the molecule is C=C/C=C/C=C/C=C/OC1CC(C(=O)Cc2ccc(CO)c(OC)c2)CC(O/C=C/C=C/C=C/C=C)C1O/C=C/C=C/C=C/C=C. The molecule has 1 aliphatic carbocycles. The van der Waals surface area contributed by atoms with Gasteiger partial charge in [-0.2, -0.15) is 0 Å². The Kier molecular flexibility index (Phi) is 18.8. The first-order valence-electron chi connectivity index (χ1n) is 15.2. The summed E-state index contributed by atoms with van der Waals surface area (Å²) >= 11 is 0. The maximum atomic E-state index is 13.7. The molecule has 0 bridgehead atoms. The number of carbonyl (C=O) groups excluding carboxylic acids is 1. The van der Waals surface area contributed by atoms with Crippen molar-refractivity contribution < 1.29 is 28.8 Å². The minimum atomic E-state index is -0.495. The van der Waals surface area contributed by atoms with Gasteiger partial charge in [0.15, 0.2) is 6.10 Å². The molecule has 0 aliphatic heterocycles. The highest BCUT2D eigenvalue weighted by Crippen LogP contribution is 2.33. The van der Waals surface area contributed by atoms with Crippen LogP contribution in [0.3, 0.4) is 0 Å². The van der Waals surface area contributed by atoms with Gasteiger partial charge in [0.1, 0.15) is 23.7 Å². The molecule has 6 heteroatoms. The average Bonchev–Trinajstić information content (AvgIpc) is 3.07. The Hall–Kier alpha value is -5.07. The summed E-state index contributed by atoms with van der Waals surface area (Å²) in [6, 6.07) is 5.43. The van der Waals surface area contributed by atoms with Gasteiger partial charge in [0.05, 0.1) is 32.5 Å². The molecule has 1 aromatic rings. The molecule has 1 N–H and O–H groups in total. The van der Waals surface area contributed by atoms with Gasteiger partial charge < -0.3 is 24.1 Å². The number of hydrogen-bond acceptors (Lipinski definition) is 6. The zero-order valence-electron chi connectivity index (χ0n) is 26.6. The minimum Gasteiger partial charge on any atom is -0.496 e. The lowest BCUT2D eigenvalue weighted by Gasteiger charge is -2.39. The molecular weight excluding hydrogens is 576 g/mol. The van der Waals surface area contributed by atoms with Gasteiger partial charge in [-0.1, -0.05) is 123 Å². The van der Waals surface area contributed by atoms with Crippen LogP contribution < -0.4 is 4.74 Å². The van der Waals surface area contributed by atoms with E-state index < -0.39 is 18.3 Å². The lowest BCUT2D eigenvalue weighted by atomic mass is 9.79. The second-order valence-corrected chi connectivity index (χ2v) is 10.1. The van der Waals surface area contributed by atoms with E-state index in [-0.39, 0.29) is 24.7 Å². The predicted octanol–water partition coefficient (Wildman–Crippen LogP) is 8.30. The number of aliphatic hydroxyl groups is 1. The Morgan fingerprint density at radius 2 is 1.17 bits per heavy atom. The standard InChI is InChI=1S/C40H46O6/c1-5-8-11-14-17-20-25-44-38-30-35(36(42)28-33-23-24-34(32-41)37(29-33)43-4)31-39(45-26-21-18-15-12-9-6-2)40(38)46-27-22-19-16-13-10-7-3/h5-27,29,35,38-41H,1-3,28,30-32H2,4H3/b11-8+,12-9+,13-10+,17-14+,18-15+,19-16+,25-20+,26-21+,27-22+. The number of carbonyl (C=O) groups is 1. The van der Waals surface area contributed by atoms with Crippen LogP contribution in [-0.2, 0) is 32.0 Å². The molecule has 0 aromatic heterocycles. The number of ketones is 1. The molecule has 1 saturated carbocycles. The first kappa shape index (κ1) is 37.1. The maximum Gasteiger partial charge on any atom is 0.171 e. The topological polar surface area (TPSA) is 74.2 Å². The molecule has 1 fully saturated rings. The molecule has 1 aromatic carbocycles. The van der Waals surface area contributed by atoms with E-state index in [1.54, 1.807) is 74.5 Å². The van der Waals surface area contributed by atoms with Crippen LogP contribution in [0.15, 0.2) is 166 Å². The summed E-state index contributed by atoms with van der Waals surface area (Å²) in [5.74, 6) is 0.268. The molecule has 46 heavy (non-hydrogen) atoms. The third-order valence-electron chi connectivity index (χ3n) is 6.84. The molecule has 0 radical (unpaired) electrons. The average molecular weight is 623 g/mol. The minimum absolute atomic E-state index is 0.0591. The van der Waals surface area contributed by atoms with E-state index in [0.29, 0.717) is 24.2 Å². The zero-order chi connectivity index (χ0) is 33.2. The van der Waals surface area contributed by atoms with Crippen molar-refractivity contribution in [3.05, 3.63) is 177 Å². The fourth-order valence-corrected chi connectivity index (χ4v) is 4.62. The Bertz CT molecular complexity index is 1320. The Morgan fingerprint density at radius 3 is 1.63 bits per heavy atom. The normalized spacial score (nSPS) is 20.8. The predicted molar refractivity (Wildman–Crippen MR) is 188 cm³/mol. The molecule has 242 valence electrons. The van der Waals surface area contributed by atoms with E-state index in [1.807, 2.05) is 79.0 Å². The van der Waals surface area contributed by atoms with Crippen LogP contribution in [0.5, 0.6) is 5.75 Å². The maximum absolute atomic E-state index is 13.7. The molecule has 1 aliphatic rings. The summed E-state index contributed by atoms with van der Waals surface area (Å²) < 4.78 is 24.0. The Morgan fingerprint density at radius 1 is 0.717 bits per heavy atom. The van der Waals surface area contributed by atoms with Crippen molar-refractivity contribution >= 4 is 5.78 Å². The number of methoxy groups -OCH3 is 1. The molecule has 2 unspecified atom stereocenters. The van der Waals surface area contributed by atoms with Gasteiger partial charge in [0, 0.05) is 17.9 Å². The number of Topliss-reactive ketones (excluding diaryl/α,β-unsaturated/α-hetero) is 1. The van der Waals surface area contributed by atoms with E-state index in [9.17, 15) is 9.90 Å². The molecule has 0 saturated heterocycles. The van der Waals surface area contributed by atoms with Crippen molar-refractivity contribution in [2.24, 2.45) is 5.92 Å². The highest BCUT2D eigenvalue weighted by molar-refractivity contribution is 5.83. The lowest BCUT2D eigenvalue weighted by Crippen LogP contribution is -2.48. The second-order valence-electron chi connectivity index (χ2n) is 10.1. The van der Waals surface area contributed by atoms with E-state index in [4.69, 9.17) is 18.9 Å². The second kappa shape index (κ2) is 23.3. The molecule has 2 rings (SSSR count). The van der Waals surface area contributed by atoms with Crippen LogP contribution in [0.4, 0.5) is 0 Å². The zero-order valence-corrected chi connectivity index (χ0v) is 26.6. The lowest BCUT2D eigenvalue weighted by molar-refractivity contribution is -0.138. The van der Waals surface area contributed by atoms with Gasteiger partial charge in [0.25, 0.3) is 0 Å². The van der Waals surface area contributed by atoms with Gasteiger partial charge in [-0.25, -0.2) is 0 Å². The first-order chi connectivity index (χ1) is 22.6. The number of allylic oxidation sites excluding steroid dienone is 18. The van der Waals surface area contributed by atoms with E-state index in [0.717, 1.165) is 5.56 Å². The van der Waals surface area contributed by atoms with Crippen LogP contribution in [-0.4, -0.2) is 36.3 Å². The van der Waals surface area contributed by atoms with E-state index in [2.05, 4.69) is 19.7 Å². The van der Waals surface area contributed by atoms with Gasteiger partial charge in [-0.05, 0) is 42.7 Å². The van der Waals surface area contributed by atoms with Crippen molar-refractivity contribution in [3.63, 3.8) is 0 Å². The number of rotatable bonds is 20. The number of hydrogen-bond donors (Lipinski definition) is 1. The van der Waals surface area contributed by atoms with Gasteiger partial charge in [-0.15, -0.1) is 0 Å². The summed E-state index contributed by atoms with van der Waals surface area (Å²) in [4.78, 5) is 13.7. The van der Waals surface area contributed by atoms with Crippen molar-refractivity contribution in [2.75, 3.05) is 7.11 Å². The quantitative estimate of drug-likeness (QED) is 0.117. The van der Waals surface area contributed by atoms with E-state index in [1.165, 1.54) is 0 Å².